The van der Waals surface area contributed by atoms with Gasteiger partial charge in [0.1, 0.15) is 0 Å². The maximum atomic E-state index is 5.95. The Labute approximate surface area is 91.6 Å². The summed E-state index contributed by atoms with van der Waals surface area (Å²) in [4.78, 5) is 0. The molecular formula is C10H11BrClN. The van der Waals surface area contributed by atoms with Crippen LogP contribution in [0.4, 0.5) is 0 Å². The molecule has 1 unspecified atom stereocenters. The van der Waals surface area contributed by atoms with E-state index in [4.69, 9.17) is 11.6 Å². The monoisotopic (exact) mass is 259 g/mol. The van der Waals surface area contributed by atoms with Gasteiger partial charge in [0.05, 0.1) is 0 Å². The van der Waals surface area contributed by atoms with Crippen molar-refractivity contribution in [2.75, 3.05) is 13.1 Å². The molecule has 0 aliphatic carbocycles. The summed E-state index contributed by atoms with van der Waals surface area (Å²) in [6.45, 7) is 2.18. The molecule has 1 N–H and O–H groups in total. The van der Waals surface area contributed by atoms with Crippen molar-refractivity contribution in [3.8, 4) is 0 Å². The van der Waals surface area contributed by atoms with Crippen LogP contribution in [-0.4, -0.2) is 13.1 Å². The van der Waals surface area contributed by atoms with Crippen LogP contribution in [0.25, 0.3) is 0 Å². The highest BCUT2D eigenvalue weighted by atomic mass is 79.9. The van der Waals surface area contributed by atoms with Crippen LogP contribution in [0.1, 0.15) is 17.9 Å². The summed E-state index contributed by atoms with van der Waals surface area (Å²) in [7, 11) is 0. The third kappa shape index (κ3) is 2.06. The average Bonchev–Trinajstić information content (AvgIpc) is 2.61. The molecule has 1 fully saturated rings. The first-order chi connectivity index (χ1) is 6.27. The van der Waals surface area contributed by atoms with Gasteiger partial charge in [0.2, 0.25) is 0 Å². The van der Waals surface area contributed by atoms with Gasteiger partial charge in [0.25, 0.3) is 0 Å². The maximum Gasteiger partial charge on any atom is 0.0409 e. The van der Waals surface area contributed by atoms with Gasteiger partial charge in [0, 0.05) is 16.0 Å². The third-order valence-corrected chi connectivity index (χ3v) is 3.42. The third-order valence-electron chi connectivity index (χ3n) is 2.46. The highest BCUT2D eigenvalue weighted by Crippen LogP contribution is 2.31. The van der Waals surface area contributed by atoms with E-state index in [2.05, 4.69) is 27.3 Å². The molecule has 1 heterocycles. The summed E-state index contributed by atoms with van der Waals surface area (Å²) >= 11 is 9.51. The second-order valence-corrected chi connectivity index (χ2v) is 4.65. The molecule has 0 amide bonds. The van der Waals surface area contributed by atoms with Gasteiger partial charge in [-0.05, 0) is 42.6 Å². The Hall–Kier alpha value is -0.0500. The lowest BCUT2D eigenvalue weighted by molar-refractivity contribution is 0.760. The molecule has 0 saturated carbocycles. The average molecular weight is 261 g/mol. The number of nitrogens with one attached hydrogen (secondary N) is 1. The maximum absolute atomic E-state index is 5.95. The van der Waals surface area contributed by atoms with Crippen molar-refractivity contribution in [3.63, 3.8) is 0 Å². The lowest BCUT2D eigenvalue weighted by Gasteiger charge is -2.11. The minimum atomic E-state index is 0.619. The summed E-state index contributed by atoms with van der Waals surface area (Å²) in [5.74, 6) is 0.619. The molecule has 0 spiro atoms. The van der Waals surface area contributed by atoms with Crippen molar-refractivity contribution in [3.05, 3.63) is 33.3 Å². The summed E-state index contributed by atoms with van der Waals surface area (Å²) in [5, 5.41) is 4.18. The van der Waals surface area contributed by atoms with E-state index in [-0.39, 0.29) is 0 Å². The molecule has 1 saturated heterocycles. The Kier molecular flexibility index (Phi) is 2.92. The van der Waals surface area contributed by atoms with E-state index in [9.17, 15) is 0 Å². The Bertz CT molecular complexity index is 308. The Morgan fingerprint density at radius 2 is 2.31 bits per heavy atom. The quantitative estimate of drug-likeness (QED) is 0.818. The van der Waals surface area contributed by atoms with Crippen molar-refractivity contribution in [2.45, 2.75) is 12.3 Å². The summed E-state index contributed by atoms with van der Waals surface area (Å²) in [5.41, 5.74) is 1.33. The molecule has 13 heavy (non-hydrogen) atoms. The normalized spacial score (nSPS) is 22.2. The van der Waals surface area contributed by atoms with Crippen molar-refractivity contribution in [1.29, 1.82) is 0 Å². The predicted octanol–water partition coefficient (Wildman–Crippen LogP) is 3.18. The number of rotatable bonds is 1. The zero-order chi connectivity index (χ0) is 9.26. The summed E-state index contributed by atoms with van der Waals surface area (Å²) in [6.07, 6.45) is 1.21. The lowest BCUT2D eigenvalue weighted by atomic mass is 9.99. The van der Waals surface area contributed by atoms with Crippen molar-refractivity contribution in [2.24, 2.45) is 0 Å². The van der Waals surface area contributed by atoms with Crippen LogP contribution in [0, 0.1) is 0 Å². The Balaban J connectivity index is 2.32. The minimum absolute atomic E-state index is 0.619. The summed E-state index contributed by atoms with van der Waals surface area (Å²) in [6, 6.07) is 6.00. The van der Waals surface area contributed by atoms with Crippen molar-refractivity contribution in [1.82, 2.24) is 5.32 Å². The van der Waals surface area contributed by atoms with Gasteiger partial charge < -0.3 is 5.32 Å². The van der Waals surface area contributed by atoms with E-state index >= 15 is 0 Å². The van der Waals surface area contributed by atoms with E-state index in [1.165, 1.54) is 16.5 Å². The first-order valence-electron chi connectivity index (χ1n) is 4.43. The summed E-state index contributed by atoms with van der Waals surface area (Å²) < 4.78 is 1.17. The molecule has 1 atom stereocenters. The molecule has 0 radical (unpaired) electrons. The standard InChI is InChI=1S/C10H11BrClN/c11-10-2-1-8(12)5-9(10)7-3-4-13-6-7/h1-2,5,7,13H,3-4,6H2. The molecule has 70 valence electrons. The van der Waals surface area contributed by atoms with Crippen molar-refractivity contribution < 1.29 is 0 Å². The van der Waals surface area contributed by atoms with Crippen LogP contribution >= 0.6 is 27.5 Å². The van der Waals surface area contributed by atoms with Crippen LogP contribution in [-0.2, 0) is 0 Å². The number of hydrogen-bond donors (Lipinski definition) is 1. The molecule has 3 heteroatoms. The van der Waals surface area contributed by atoms with E-state index in [1.807, 2.05) is 12.1 Å². The smallest absolute Gasteiger partial charge is 0.0409 e. The highest BCUT2D eigenvalue weighted by Gasteiger charge is 2.18. The van der Waals surface area contributed by atoms with Gasteiger partial charge in [-0.15, -0.1) is 0 Å². The minimum Gasteiger partial charge on any atom is -0.316 e. The molecule has 0 aromatic heterocycles. The SMILES string of the molecule is Clc1ccc(Br)c(C2CCNC2)c1. The van der Waals surface area contributed by atoms with Gasteiger partial charge >= 0.3 is 0 Å². The zero-order valence-corrected chi connectivity index (χ0v) is 9.53. The van der Waals surface area contributed by atoms with Crippen LogP contribution in [0.5, 0.6) is 0 Å². The van der Waals surface area contributed by atoms with Crippen LogP contribution < -0.4 is 5.32 Å². The molecule has 1 aromatic rings. The fourth-order valence-corrected chi connectivity index (χ4v) is 2.50. The van der Waals surface area contributed by atoms with Crippen LogP contribution in [0.3, 0.4) is 0 Å². The molecule has 1 nitrogen and oxygen atoms in total. The zero-order valence-electron chi connectivity index (χ0n) is 7.19. The molecular weight excluding hydrogens is 249 g/mol. The Morgan fingerprint density at radius 3 is 3.00 bits per heavy atom. The van der Waals surface area contributed by atoms with Crippen LogP contribution in [0.15, 0.2) is 22.7 Å². The van der Waals surface area contributed by atoms with E-state index in [1.54, 1.807) is 0 Å². The molecule has 1 aromatic carbocycles. The molecule has 1 aliphatic rings. The van der Waals surface area contributed by atoms with Crippen molar-refractivity contribution >= 4 is 27.5 Å². The van der Waals surface area contributed by atoms with Gasteiger partial charge in [-0.3, -0.25) is 0 Å². The topological polar surface area (TPSA) is 12.0 Å². The molecule has 2 rings (SSSR count). The van der Waals surface area contributed by atoms with Gasteiger partial charge in [0.15, 0.2) is 0 Å². The van der Waals surface area contributed by atoms with Gasteiger partial charge in [-0.2, -0.15) is 0 Å². The first-order valence-corrected chi connectivity index (χ1v) is 5.60. The first kappa shape index (κ1) is 9.50. The van der Waals surface area contributed by atoms with Gasteiger partial charge in [-0.1, -0.05) is 27.5 Å². The largest absolute Gasteiger partial charge is 0.316 e. The molecule has 0 bridgehead atoms. The van der Waals surface area contributed by atoms with E-state index < -0.39 is 0 Å². The fourth-order valence-electron chi connectivity index (χ4n) is 1.75. The number of benzene rings is 1. The fraction of sp³-hybridized carbons (Fsp3) is 0.400. The second kappa shape index (κ2) is 3.99. The number of hydrogen-bond acceptors (Lipinski definition) is 1. The predicted molar refractivity (Wildman–Crippen MR) is 59.4 cm³/mol. The Morgan fingerprint density at radius 1 is 1.46 bits per heavy atom. The van der Waals surface area contributed by atoms with Crippen LogP contribution in [0.2, 0.25) is 5.02 Å². The van der Waals surface area contributed by atoms with E-state index in [0.717, 1.165) is 18.1 Å². The molecule has 1 aliphatic heterocycles. The highest BCUT2D eigenvalue weighted by molar-refractivity contribution is 9.10. The lowest BCUT2D eigenvalue weighted by Crippen LogP contribution is -2.08. The number of halogens is 2. The van der Waals surface area contributed by atoms with Gasteiger partial charge in [-0.25, -0.2) is 0 Å². The van der Waals surface area contributed by atoms with E-state index in [0.29, 0.717) is 5.92 Å². The second-order valence-electron chi connectivity index (χ2n) is 3.36.